The molecule has 128 valence electrons. The molecule has 1 aliphatic rings. The summed E-state index contributed by atoms with van der Waals surface area (Å²) in [6.07, 6.45) is 2.33. The lowest BCUT2D eigenvalue weighted by Crippen LogP contribution is -2.34. The van der Waals surface area contributed by atoms with Crippen LogP contribution >= 0.6 is 0 Å². The minimum Gasteiger partial charge on any atom is -0.481 e. The predicted octanol–water partition coefficient (Wildman–Crippen LogP) is 1.22. The molecule has 2 aromatic heterocycles. The molecular weight excluding hydrogens is 308 g/mol. The van der Waals surface area contributed by atoms with Crippen LogP contribution in [0.1, 0.15) is 34.6 Å². The molecule has 3 rings (SSSR count). The van der Waals surface area contributed by atoms with Crippen molar-refractivity contribution in [1.82, 2.24) is 19.7 Å². The maximum atomic E-state index is 12.1. The molecule has 0 aromatic carbocycles. The van der Waals surface area contributed by atoms with Crippen molar-refractivity contribution in [1.29, 1.82) is 0 Å². The Bertz CT molecular complexity index is 822. The van der Waals surface area contributed by atoms with Gasteiger partial charge in [0.25, 0.3) is 0 Å². The highest BCUT2D eigenvalue weighted by atomic mass is 16.4. The third-order valence-electron chi connectivity index (χ3n) is 4.52. The molecule has 0 atom stereocenters. The van der Waals surface area contributed by atoms with Gasteiger partial charge in [-0.25, -0.2) is 0 Å². The first-order chi connectivity index (χ1) is 11.4. The third-order valence-corrected chi connectivity index (χ3v) is 4.52. The van der Waals surface area contributed by atoms with Crippen molar-refractivity contribution in [2.24, 2.45) is 0 Å². The maximum Gasteiger partial charge on any atom is 0.303 e. The Morgan fingerprint density at radius 3 is 2.92 bits per heavy atom. The predicted molar refractivity (Wildman–Crippen MR) is 88.8 cm³/mol. The Morgan fingerprint density at radius 2 is 2.17 bits per heavy atom. The first-order valence-corrected chi connectivity index (χ1v) is 8.11. The number of nitrogens with zero attached hydrogens (tertiary/aromatic N) is 3. The van der Waals surface area contributed by atoms with E-state index in [0.29, 0.717) is 13.0 Å². The Hall–Kier alpha value is -2.41. The zero-order valence-electron chi connectivity index (χ0n) is 14.0. The van der Waals surface area contributed by atoms with Crippen LogP contribution in [0.2, 0.25) is 0 Å². The first-order valence-electron chi connectivity index (χ1n) is 8.11. The second-order valence-electron chi connectivity index (χ2n) is 6.36. The minimum atomic E-state index is -0.804. The highest BCUT2D eigenvalue weighted by Gasteiger charge is 2.20. The van der Waals surface area contributed by atoms with Crippen molar-refractivity contribution in [3.63, 3.8) is 0 Å². The van der Waals surface area contributed by atoms with E-state index >= 15 is 0 Å². The fourth-order valence-corrected chi connectivity index (χ4v) is 3.06. The van der Waals surface area contributed by atoms with E-state index < -0.39 is 5.97 Å². The Labute approximate surface area is 139 Å². The number of fused-ring (bicyclic) bond motifs is 1. The highest BCUT2D eigenvalue weighted by Crippen LogP contribution is 2.17. The first kappa shape index (κ1) is 16.4. The van der Waals surface area contributed by atoms with Crippen LogP contribution in [0.3, 0.4) is 0 Å². The molecule has 0 fully saturated rings. The van der Waals surface area contributed by atoms with E-state index in [1.54, 1.807) is 6.20 Å². The summed E-state index contributed by atoms with van der Waals surface area (Å²) in [4.78, 5) is 28.2. The van der Waals surface area contributed by atoms with Crippen molar-refractivity contribution >= 4 is 5.97 Å². The van der Waals surface area contributed by atoms with E-state index in [9.17, 15) is 9.59 Å². The van der Waals surface area contributed by atoms with Crippen LogP contribution in [0.4, 0.5) is 0 Å². The van der Waals surface area contributed by atoms with Crippen LogP contribution in [-0.2, 0) is 30.8 Å². The molecule has 0 radical (unpaired) electrons. The van der Waals surface area contributed by atoms with Gasteiger partial charge in [-0.15, -0.1) is 0 Å². The second-order valence-corrected chi connectivity index (χ2v) is 6.36. The number of aromatic amines is 1. The zero-order valence-corrected chi connectivity index (χ0v) is 14.0. The summed E-state index contributed by atoms with van der Waals surface area (Å²) in [7, 11) is 0. The number of rotatable bonds is 5. The molecular formula is C17H22N4O3. The van der Waals surface area contributed by atoms with Crippen molar-refractivity contribution in [3.8, 4) is 0 Å². The van der Waals surface area contributed by atoms with Crippen LogP contribution in [0, 0.1) is 13.8 Å². The Kier molecular flexibility index (Phi) is 4.53. The van der Waals surface area contributed by atoms with Crippen molar-refractivity contribution in [2.75, 3.05) is 6.54 Å². The molecule has 3 heterocycles. The SMILES string of the molecule is Cc1c[nH]c(CN2CCn3nc(CCC(=O)O)cc3C2)c(C)c1=O. The minimum absolute atomic E-state index is 0.0989. The number of aromatic nitrogens is 3. The van der Waals surface area contributed by atoms with Gasteiger partial charge >= 0.3 is 5.97 Å². The summed E-state index contributed by atoms with van der Waals surface area (Å²) in [5, 5.41) is 13.3. The monoisotopic (exact) mass is 330 g/mol. The topological polar surface area (TPSA) is 91.2 Å². The van der Waals surface area contributed by atoms with Gasteiger partial charge in [-0.05, 0) is 19.9 Å². The molecule has 7 nitrogen and oxygen atoms in total. The van der Waals surface area contributed by atoms with Gasteiger partial charge in [0.1, 0.15) is 0 Å². The molecule has 0 aliphatic carbocycles. The van der Waals surface area contributed by atoms with Gasteiger partial charge < -0.3 is 10.1 Å². The van der Waals surface area contributed by atoms with E-state index in [4.69, 9.17) is 5.11 Å². The van der Waals surface area contributed by atoms with Gasteiger partial charge in [0, 0.05) is 49.1 Å². The van der Waals surface area contributed by atoms with Gasteiger partial charge in [0.05, 0.1) is 24.4 Å². The summed E-state index contributed by atoms with van der Waals surface area (Å²) in [5.41, 5.74) is 4.47. The molecule has 24 heavy (non-hydrogen) atoms. The van der Waals surface area contributed by atoms with Gasteiger partial charge in [0.2, 0.25) is 0 Å². The lowest BCUT2D eigenvalue weighted by atomic mass is 10.1. The standard InChI is InChI=1S/C17H22N4O3/c1-11-8-18-15(12(2)17(11)24)10-20-5-6-21-14(9-20)7-13(19-21)3-4-16(22)23/h7-8H,3-6,9-10H2,1-2H3,(H,18,24)(H,22,23). The van der Waals surface area contributed by atoms with Gasteiger partial charge in [0.15, 0.2) is 5.43 Å². The molecule has 0 unspecified atom stereocenters. The number of aliphatic carboxylic acids is 1. The lowest BCUT2D eigenvalue weighted by molar-refractivity contribution is -0.136. The van der Waals surface area contributed by atoms with E-state index in [1.807, 2.05) is 24.6 Å². The van der Waals surface area contributed by atoms with Crippen LogP contribution in [-0.4, -0.2) is 37.3 Å². The quantitative estimate of drug-likeness (QED) is 0.860. The third kappa shape index (κ3) is 3.41. The lowest BCUT2D eigenvalue weighted by Gasteiger charge is -2.27. The number of nitrogens with one attached hydrogen (secondary N) is 1. The highest BCUT2D eigenvalue weighted by molar-refractivity contribution is 5.66. The molecule has 2 N–H and O–H groups in total. The van der Waals surface area contributed by atoms with Crippen LogP contribution < -0.4 is 5.43 Å². The van der Waals surface area contributed by atoms with Crippen LogP contribution in [0.25, 0.3) is 0 Å². The number of carboxylic acids is 1. The normalized spacial score (nSPS) is 14.6. The van der Waals surface area contributed by atoms with Crippen molar-refractivity contribution in [3.05, 3.63) is 50.7 Å². The van der Waals surface area contributed by atoms with E-state index in [-0.39, 0.29) is 11.8 Å². The summed E-state index contributed by atoms with van der Waals surface area (Å²) < 4.78 is 1.96. The smallest absolute Gasteiger partial charge is 0.303 e. The molecule has 0 amide bonds. The second kappa shape index (κ2) is 6.60. The van der Waals surface area contributed by atoms with E-state index in [1.165, 1.54) is 0 Å². The molecule has 2 aromatic rings. The van der Waals surface area contributed by atoms with Gasteiger partial charge in [-0.1, -0.05) is 0 Å². The number of hydrogen-bond donors (Lipinski definition) is 2. The number of carboxylic acid groups (broad SMARTS) is 1. The molecule has 7 heteroatoms. The number of hydrogen-bond acceptors (Lipinski definition) is 4. The number of H-pyrrole nitrogens is 1. The van der Waals surface area contributed by atoms with Crippen LogP contribution in [0.15, 0.2) is 17.1 Å². The Balaban J connectivity index is 1.70. The number of carbonyl (C=O) groups is 1. The maximum absolute atomic E-state index is 12.1. The van der Waals surface area contributed by atoms with Gasteiger partial charge in [-0.3, -0.25) is 19.2 Å². The number of pyridine rings is 1. The number of aryl methyl sites for hydroxylation is 2. The largest absolute Gasteiger partial charge is 0.481 e. The average molecular weight is 330 g/mol. The summed E-state index contributed by atoms with van der Waals surface area (Å²) in [5.74, 6) is -0.804. The molecule has 0 saturated heterocycles. The molecule has 0 saturated carbocycles. The fourth-order valence-electron chi connectivity index (χ4n) is 3.06. The van der Waals surface area contributed by atoms with Crippen LogP contribution in [0.5, 0.6) is 0 Å². The van der Waals surface area contributed by atoms with Crippen molar-refractivity contribution < 1.29 is 9.90 Å². The Morgan fingerprint density at radius 1 is 1.38 bits per heavy atom. The fraction of sp³-hybridized carbons (Fsp3) is 0.471. The van der Waals surface area contributed by atoms with Gasteiger partial charge in [-0.2, -0.15) is 5.10 Å². The molecule has 1 aliphatic heterocycles. The molecule has 0 spiro atoms. The summed E-state index contributed by atoms with van der Waals surface area (Å²) >= 11 is 0. The molecule has 0 bridgehead atoms. The van der Waals surface area contributed by atoms with Crippen molar-refractivity contribution in [2.45, 2.75) is 46.3 Å². The average Bonchev–Trinajstić information content (AvgIpc) is 2.96. The summed E-state index contributed by atoms with van der Waals surface area (Å²) in [6.45, 7) is 6.74. The summed E-state index contributed by atoms with van der Waals surface area (Å²) in [6, 6.07) is 1.99. The van der Waals surface area contributed by atoms with E-state index in [0.717, 1.165) is 47.8 Å². The zero-order chi connectivity index (χ0) is 17.3. The van der Waals surface area contributed by atoms with E-state index in [2.05, 4.69) is 15.0 Å².